The molecule has 2 aromatic heterocycles. The molecule has 2 aromatic carbocycles. The lowest BCUT2D eigenvalue weighted by molar-refractivity contribution is 0.315. The Morgan fingerprint density at radius 2 is 1.75 bits per heavy atom. The van der Waals surface area contributed by atoms with Crippen molar-refractivity contribution in [1.82, 2.24) is 20.6 Å². The van der Waals surface area contributed by atoms with Gasteiger partial charge in [-0.05, 0) is 64.6 Å². The summed E-state index contributed by atoms with van der Waals surface area (Å²) >= 11 is 0. The Hall–Kier alpha value is -2.66. The highest BCUT2D eigenvalue weighted by atomic mass is 16.6. The Kier molecular flexibility index (Phi) is 3.78. The number of aromatic amines is 1. The smallest absolute Gasteiger partial charge is 0.135 e. The van der Waals surface area contributed by atoms with Gasteiger partial charge in [-0.3, -0.25) is 0 Å². The van der Waals surface area contributed by atoms with Crippen LogP contribution in [-0.2, 0) is 19.5 Å². The second kappa shape index (κ2) is 6.09. The maximum atomic E-state index is 4.73. The summed E-state index contributed by atoms with van der Waals surface area (Å²) < 4.78 is 4.73. The van der Waals surface area contributed by atoms with Gasteiger partial charge in [-0.2, -0.15) is 0 Å². The molecule has 2 heterocycles. The van der Waals surface area contributed by atoms with E-state index < -0.39 is 0 Å². The third-order valence-corrected chi connectivity index (χ3v) is 4.56. The molecule has 0 aliphatic rings. The molecule has 0 aliphatic carbocycles. The Bertz CT molecular complexity index is 999. The number of aryl methyl sites for hydroxylation is 2. The third kappa shape index (κ3) is 2.67. The molecule has 5 nitrogen and oxygen atoms in total. The Labute approximate surface area is 140 Å². The topological polar surface area (TPSA) is 66.7 Å². The van der Waals surface area contributed by atoms with E-state index in [1.54, 1.807) is 0 Å². The molecular weight excluding hydrogens is 300 g/mol. The Morgan fingerprint density at radius 1 is 1.00 bits per heavy atom. The van der Waals surface area contributed by atoms with E-state index in [-0.39, 0.29) is 0 Å². The van der Waals surface area contributed by atoms with Crippen molar-refractivity contribution in [2.24, 2.45) is 0 Å². The van der Waals surface area contributed by atoms with E-state index in [0.717, 1.165) is 30.5 Å². The van der Waals surface area contributed by atoms with Crippen LogP contribution in [0.4, 0.5) is 0 Å². The highest BCUT2D eigenvalue weighted by molar-refractivity contribution is 5.85. The van der Waals surface area contributed by atoms with Gasteiger partial charge in [0.05, 0.1) is 0 Å². The highest BCUT2D eigenvalue weighted by Crippen LogP contribution is 2.23. The molecule has 0 bridgehead atoms. The highest BCUT2D eigenvalue weighted by Gasteiger charge is 2.07. The first kappa shape index (κ1) is 14.9. The van der Waals surface area contributed by atoms with Gasteiger partial charge in [0.1, 0.15) is 11.0 Å². The summed E-state index contributed by atoms with van der Waals surface area (Å²) in [4.78, 5) is 3.50. The Balaban J connectivity index is 1.47. The fourth-order valence-corrected chi connectivity index (χ4v) is 3.18. The minimum atomic E-state index is 0.785. The van der Waals surface area contributed by atoms with Crippen LogP contribution in [0.15, 0.2) is 41.0 Å². The van der Waals surface area contributed by atoms with Crippen molar-refractivity contribution in [1.29, 1.82) is 0 Å². The van der Waals surface area contributed by atoms with Gasteiger partial charge in [-0.1, -0.05) is 19.1 Å². The van der Waals surface area contributed by atoms with Crippen LogP contribution in [-0.4, -0.2) is 15.3 Å². The minimum Gasteiger partial charge on any atom is -0.358 e. The van der Waals surface area contributed by atoms with Crippen molar-refractivity contribution in [3.63, 3.8) is 0 Å². The van der Waals surface area contributed by atoms with Crippen LogP contribution in [0.3, 0.4) is 0 Å². The fourth-order valence-electron chi connectivity index (χ4n) is 3.18. The molecule has 2 N–H and O–H groups in total. The van der Waals surface area contributed by atoms with Crippen molar-refractivity contribution < 1.29 is 4.63 Å². The predicted molar refractivity (Wildman–Crippen MR) is 94.8 cm³/mol. The van der Waals surface area contributed by atoms with Crippen LogP contribution in [0, 0.1) is 6.92 Å². The number of H-pyrrole nitrogens is 1. The molecule has 5 heteroatoms. The van der Waals surface area contributed by atoms with Gasteiger partial charge in [-0.25, -0.2) is 4.63 Å². The van der Waals surface area contributed by atoms with Crippen molar-refractivity contribution in [2.75, 3.05) is 0 Å². The van der Waals surface area contributed by atoms with Crippen LogP contribution in [0.2, 0.25) is 0 Å². The zero-order chi connectivity index (χ0) is 16.5. The number of fused-ring (bicyclic) bond motifs is 2. The number of benzene rings is 2. The predicted octanol–water partition coefficient (Wildman–Crippen LogP) is 3.86. The van der Waals surface area contributed by atoms with Gasteiger partial charge in [0, 0.05) is 29.7 Å². The van der Waals surface area contributed by atoms with Gasteiger partial charge in [0.2, 0.25) is 0 Å². The third-order valence-electron chi connectivity index (χ3n) is 4.56. The first-order chi connectivity index (χ1) is 11.7. The minimum absolute atomic E-state index is 0.785. The van der Waals surface area contributed by atoms with Crippen LogP contribution in [0.25, 0.3) is 21.9 Å². The van der Waals surface area contributed by atoms with E-state index in [1.807, 2.05) is 18.2 Å². The van der Waals surface area contributed by atoms with E-state index in [2.05, 4.69) is 52.7 Å². The first-order valence-electron chi connectivity index (χ1n) is 8.26. The van der Waals surface area contributed by atoms with E-state index >= 15 is 0 Å². The van der Waals surface area contributed by atoms with E-state index in [9.17, 15) is 0 Å². The Morgan fingerprint density at radius 3 is 2.58 bits per heavy atom. The average Bonchev–Trinajstić information content (AvgIpc) is 3.19. The molecule has 0 saturated heterocycles. The molecule has 0 unspecified atom stereocenters. The first-order valence-corrected chi connectivity index (χ1v) is 8.26. The van der Waals surface area contributed by atoms with Gasteiger partial charge >= 0.3 is 0 Å². The lowest BCUT2D eigenvalue weighted by Crippen LogP contribution is -2.12. The van der Waals surface area contributed by atoms with Crippen LogP contribution in [0.1, 0.15) is 29.3 Å². The molecule has 0 spiro atoms. The molecule has 0 aliphatic heterocycles. The summed E-state index contributed by atoms with van der Waals surface area (Å²) in [5.41, 5.74) is 7.95. The van der Waals surface area contributed by atoms with E-state index in [0.29, 0.717) is 0 Å². The summed E-state index contributed by atoms with van der Waals surface area (Å²) in [6.45, 7) is 5.99. The van der Waals surface area contributed by atoms with Crippen molar-refractivity contribution in [2.45, 2.75) is 33.4 Å². The zero-order valence-corrected chi connectivity index (χ0v) is 13.9. The molecule has 0 saturated carbocycles. The molecule has 0 fully saturated rings. The maximum Gasteiger partial charge on any atom is 0.135 e. The summed E-state index contributed by atoms with van der Waals surface area (Å²) in [6, 6.07) is 12.6. The van der Waals surface area contributed by atoms with Crippen LogP contribution >= 0.6 is 0 Å². The summed E-state index contributed by atoms with van der Waals surface area (Å²) in [6.07, 6.45) is 1.04. The number of nitrogens with zero attached hydrogens (tertiary/aromatic N) is 2. The van der Waals surface area contributed by atoms with E-state index in [4.69, 9.17) is 4.63 Å². The van der Waals surface area contributed by atoms with Crippen molar-refractivity contribution >= 4 is 21.9 Å². The maximum absolute atomic E-state index is 4.73. The van der Waals surface area contributed by atoms with Gasteiger partial charge in [0.15, 0.2) is 0 Å². The van der Waals surface area contributed by atoms with Crippen LogP contribution < -0.4 is 5.32 Å². The second-order valence-corrected chi connectivity index (χ2v) is 6.15. The SMILES string of the molecule is CCc1[nH]c2ccc(CNCc3ccc4nonc4c3)cc2c1C. The molecule has 122 valence electrons. The number of hydrogen-bond donors (Lipinski definition) is 2. The van der Waals surface area contributed by atoms with Crippen molar-refractivity contribution in [3.05, 3.63) is 58.8 Å². The molecule has 0 amide bonds. The number of nitrogens with one attached hydrogen (secondary N) is 2. The van der Waals surface area contributed by atoms with Gasteiger partial charge in [-0.15, -0.1) is 0 Å². The van der Waals surface area contributed by atoms with Crippen LogP contribution in [0.5, 0.6) is 0 Å². The summed E-state index contributed by atoms with van der Waals surface area (Å²) in [7, 11) is 0. The summed E-state index contributed by atoms with van der Waals surface area (Å²) in [5, 5.41) is 12.5. The average molecular weight is 320 g/mol. The standard InChI is InChI=1S/C19H20N4O/c1-3-16-12(2)15-8-13(4-6-17(15)21-16)10-20-11-14-5-7-18-19(9-14)23-24-22-18/h4-9,20-21H,3,10-11H2,1-2H3. The van der Waals surface area contributed by atoms with E-state index in [1.165, 1.54) is 33.3 Å². The van der Waals surface area contributed by atoms with Gasteiger partial charge in [0.25, 0.3) is 0 Å². The molecular formula is C19H20N4O. The van der Waals surface area contributed by atoms with Crippen molar-refractivity contribution in [3.8, 4) is 0 Å². The fraction of sp³-hybridized carbons (Fsp3) is 0.263. The molecule has 0 atom stereocenters. The molecule has 4 aromatic rings. The lowest BCUT2D eigenvalue weighted by Gasteiger charge is -2.06. The lowest BCUT2D eigenvalue weighted by atomic mass is 10.1. The summed E-state index contributed by atoms with van der Waals surface area (Å²) in [5.74, 6) is 0. The number of rotatable bonds is 5. The second-order valence-electron chi connectivity index (χ2n) is 6.15. The monoisotopic (exact) mass is 320 g/mol. The zero-order valence-electron chi connectivity index (χ0n) is 13.9. The quantitative estimate of drug-likeness (QED) is 0.586. The molecule has 4 rings (SSSR count). The molecule has 0 radical (unpaired) electrons. The largest absolute Gasteiger partial charge is 0.358 e. The van der Waals surface area contributed by atoms with Gasteiger partial charge < -0.3 is 10.3 Å². The molecule has 24 heavy (non-hydrogen) atoms. The normalized spacial score (nSPS) is 11.6. The number of hydrogen-bond acceptors (Lipinski definition) is 4. The number of aromatic nitrogens is 3.